The maximum absolute atomic E-state index is 12.6. The lowest BCUT2D eigenvalue weighted by atomic mass is 10.3. The highest BCUT2D eigenvalue weighted by molar-refractivity contribution is 9.10. The molecule has 0 atom stereocenters. The lowest BCUT2D eigenvalue weighted by molar-refractivity contribution is 0.466. The zero-order chi connectivity index (χ0) is 15.6. The molecule has 21 heavy (non-hydrogen) atoms. The first-order chi connectivity index (χ1) is 9.82. The van der Waals surface area contributed by atoms with E-state index >= 15 is 0 Å². The van der Waals surface area contributed by atoms with Crippen LogP contribution in [-0.4, -0.2) is 24.8 Å². The van der Waals surface area contributed by atoms with Crippen LogP contribution in [0.2, 0.25) is 10.0 Å². The molecule has 2 rings (SSSR count). The fraction of sp³-hybridized carbons (Fsp3) is 0.154. The molecule has 0 spiro atoms. The lowest BCUT2D eigenvalue weighted by Crippen LogP contribution is -2.27. The third-order valence-electron chi connectivity index (χ3n) is 2.79. The molecular weight excluding hydrogens is 399 g/mol. The number of rotatable bonds is 4. The maximum Gasteiger partial charge on any atom is 0.246 e. The first-order valence-corrected chi connectivity index (χ1v) is 8.81. The van der Waals surface area contributed by atoms with Gasteiger partial charge in [0, 0.05) is 30.5 Å². The summed E-state index contributed by atoms with van der Waals surface area (Å²) in [5.74, 6) is 0. The van der Waals surface area contributed by atoms with Crippen LogP contribution in [0.4, 0.5) is 0 Å². The van der Waals surface area contributed by atoms with Crippen molar-refractivity contribution in [2.75, 3.05) is 7.05 Å². The van der Waals surface area contributed by atoms with Crippen LogP contribution in [-0.2, 0) is 16.6 Å². The van der Waals surface area contributed by atoms with E-state index in [1.54, 1.807) is 24.5 Å². The van der Waals surface area contributed by atoms with Crippen molar-refractivity contribution in [3.05, 3.63) is 56.7 Å². The van der Waals surface area contributed by atoms with Crippen LogP contribution in [0, 0.1) is 0 Å². The van der Waals surface area contributed by atoms with Crippen LogP contribution < -0.4 is 0 Å². The maximum atomic E-state index is 12.6. The zero-order valence-corrected chi connectivity index (χ0v) is 14.8. The van der Waals surface area contributed by atoms with Crippen molar-refractivity contribution in [3.63, 3.8) is 0 Å². The van der Waals surface area contributed by atoms with E-state index in [9.17, 15) is 8.42 Å². The minimum Gasteiger partial charge on any atom is -0.265 e. The quantitative estimate of drug-likeness (QED) is 0.767. The molecule has 8 heteroatoms. The third-order valence-corrected chi connectivity index (χ3v) is 5.97. The number of hydrogen-bond acceptors (Lipinski definition) is 3. The largest absolute Gasteiger partial charge is 0.265 e. The Hall–Kier alpha value is -0.660. The molecule has 0 aliphatic rings. The van der Waals surface area contributed by atoms with Crippen molar-refractivity contribution in [2.45, 2.75) is 11.4 Å². The molecule has 4 nitrogen and oxygen atoms in total. The van der Waals surface area contributed by atoms with E-state index < -0.39 is 10.0 Å². The zero-order valence-electron chi connectivity index (χ0n) is 10.9. The molecule has 0 bridgehead atoms. The molecule has 0 saturated carbocycles. The highest BCUT2D eigenvalue weighted by Crippen LogP contribution is 2.34. The van der Waals surface area contributed by atoms with Gasteiger partial charge in [0.15, 0.2) is 0 Å². The molecule has 0 aliphatic carbocycles. The van der Waals surface area contributed by atoms with Crippen molar-refractivity contribution >= 4 is 49.2 Å². The Bertz CT molecular complexity index is 731. The molecule has 112 valence electrons. The van der Waals surface area contributed by atoms with Crippen LogP contribution >= 0.6 is 39.1 Å². The topological polar surface area (TPSA) is 50.3 Å². The monoisotopic (exact) mass is 408 g/mol. The first kappa shape index (κ1) is 16.7. The summed E-state index contributed by atoms with van der Waals surface area (Å²) < 4.78 is 27.0. The second-order valence-corrected chi connectivity index (χ2v) is 8.03. The molecule has 1 aromatic carbocycles. The highest BCUT2D eigenvalue weighted by atomic mass is 79.9. The summed E-state index contributed by atoms with van der Waals surface area (Å²) in [5, 5.41) is 0.159. The van der Waals surface area contributed by atoms with Gasteiger partial charge in [-0.3, -0.25) is 4.98 Å². The average Bonchev–Trinajstić information content (AvgIpc) is 2.38. The molecule has 0 radical (unpaired) electrons. The molecule has 0 amide bonds. The number of nitrogens with zero attached hydrogens (tertiary/aromatic N) is 2. The predicted octanol–water partition coefficient (Wildman–Crippen LogP) is 3.97. The number of hydrogen-bond donors (Lipinski definition) is 0. The molecule has 2 aromatic rings. The third kappa shape index (κ3) is 3.76. The van der Waals surface area contributed by atoms with E-state index in [1.165, 1.54) is 23.5 Å². The Kier molecular flexibility index (Phi) is 5.27. The number of benzene rings is 1. The first-order valence-electron chi connectivity index (χ1n) is 5.82. The van der Waals surface area contributed by atoms with Gasteiger partial charge in [-0.15, -0.1) is 0 Å². The second kappa shape index (κ2) is 6.62. The van der Waals surface area contributed by atoms with Crippen LogP contribution in [0.5, 0.6) is 0 Å². The fourth-order valence-corrected chi connectivity index (χ4v) is 4.80. The van der Waals surface area contributed by atoms with Gasteiger partial charge in [-0.25, -0.2) is 8.42 Å². The van der Waals surface area contributed by atoms with Gasteiger partial charge in [0.1, 0.15) is 4.90 Å². The fourth-order valence-electron chi connectivity index (χ4n) is 1.76. The molecule has 0 saturated heterocycles. The molecule has 0 unspecified atom stereocenters. The van der Waals surface area contributed by atoms with Crippen molar-refractivity contribution in [2.24, 2.45) is 0 Å². The van der Waals surface area contributed by atoms with E-state index in [-0.39, 0.29) is 21.5 Å². The van der Waals surface area contributed by atoms with Gasteiger partial charge in [-0.2, -0.15) is 4.31 Å². The van der Waals surface area contributed by atoms with Gasteiger partial charge >= 0.3 is 0 Å². The van der Waals surface area contributed by atoms with Crippen LogP contribution in [0.3, 0.4) is 0 Å². The predicted molar refractivity (Wildman–Crippen MR) is 87.1 cm³/mol. The van der Waals surface area contributed by atoms with Crippen molar-refractivity contribution < 1.29 is 8.42 Å². The summed E-state index contributed by atoms with van der Waals surface area (Å²) in [5.41, 5.74) is 0.820. The number of halogens is 3. The summed E-state index contributed by atoms with van der Waals surface area (Å²) in [4.78, 5) is 3.80. The highest BCUT2D eigenvalue weighted by Gasteiger charge is 2.27. The van der Waals surface area contributed by atoms with Crippen LogP contribution in [0.1, 0.15) is 5.56 Å². The van der Waals surface area contributed by atoms with Gasteiger partial charge in [0.25, 0.3) is 0 Å². The number of sulfonamides is 1. The Morgan fingerprint density at radius 1 is 1.19 bits per heavy atom. The number of aromatic nitrogens is 1. The Morgan fingerprint density at radius 3 is 2.24 bits per heavy atom. The minimum absolute atomic E-state index is 0.0796. The lowest BCUT2D eigenvalue weighted by Gasteiger charge is -2.19. The molecule has 1 aromatic heterocycles. The summed E-state index contributed by atoms with van der Waals surface area (Å²) in [7, 11) is -2.31. The van der Waals surface area contributed by atoms with Gasteiger partial charge < -0.3 is 0 Å². The summed E-state index contributed by atoms with van der Waals surface area (Å²) in [6.45, 7) is 0.202. The van der Waals surface area contributed by atoms with Gasteiger partial charge in [-0.05, 0) is 29.8 Å². The molecule has 0 aliphatic heterocycles. The Morgan fingerprint density at radius 2 is 1.71 bits per heavy atom. The van der Waals surface area contributed by atoms with Gasteiger partial charge in [0.2, 0.25) is 10.0 Å². The normalized spacial score (nSPS) is 11.9. The van der Waals surface area contributed by atoms with Crippen molar-refractivity contribution in [3.8, 4) is 0 Å². The van der Waals surface area contributed by atoms with E-state index in [1.807, 2.05) is 0 Å². The summed E-state index contributed by atoms with van der Waals surface area (Å²) >= 11 is 15.3. The smallest absolute Gasteiger partial charge is 0.246 e. The van der Waals surface area contributed by atoms with E-state index in [2.05, 4.69) is 20.9 Å². The second-order valence-electron chi connectivity index (χ2n) is 4.32. The Balaban J connectivity index is 2.38. The van der Waals surface area contributed by atoms with Crippen LogP contribution in [0.25, 0.3) is 0 Å². The average molecular weight is 410 g/mol. The van der Waals surface area contributed by atoms with E-state index in [0.29, 0.717) is 4.47 Å². The minimum atomic E-state index is -3.79. The molecule has 0 fully saturated rings. The molecular formula is C13H11BrCl2N2O2S. The standard InChI is InChI=1S/C13H11BrCl2N2O2S/c1-18(8-9-2-4-17-5-3-9)21(19,20)13-11(15)6-10(14)7-12(13)16/h2-7H,8H2,1H3. The summed E-state index contributed by atoms with van der Waals surface area (Å²) in [6, 6.07) is 6.49. The van der Waals surface area contributed by atoms with E-state index in [0.717, 1.165) is 5.56 Å². The number of pyridine rings is 1. The molecule has 0 N–H and O–H groups in total. The van der Waals surface area contributed by atoms with Gasteiger partial charge in [-0.1, -0.05) is 39.1 Å². The van der Waals surface area contributed by atoms with E-state index in [4.69, 9.17) is 23.2 Å². The molecule has 1 heterocycles. The SMILES string of the molecule is CN(Cc1ccncc1)S(=O)(=O)c1c(Cl)cc(Br)cc1Cl. The van der Waals surface area contributed by atoms with Gasteiger partial charge in [0.05, 0.1) is 10.0 Å². The summed E-state index contributed by atoms with van der Waals surface area (Å²) in [6.07, 6.45) is 3.21. The van der Waals surface area contributed by atoms with Crippen molar-refractivity contribution in [1.29, 1.82) is 0 Å². The van der Waals surface area contributed by atoms with Crippen molar-refractivity contribution in [1.82, 2.24) is 9.29 Å². The Labute approximate surface area is 141 Å². The van der Waals surface area contributed by atoms with Crippen LogP contribution in [0.15, 0.2) is 46.0 Å².